The Morgan fingerprint density at radius 3 is 1.79 bits per heavy atom. The second-order valence-corrected chi connectivity index (χ2v) is 12.3. The van der Waals surface area contributed by atoms with Gasteiger partial charge < -0.3 is 36.0 Å². The van der Waals surface area contributed by atoms with Gasteiger partial charge >= 0.3 is 29.2 Å². The number of carboxylic acids is 2. The molecule has 0 radical (unpaired) electrons. The van der Waals surface area contributed by atoms with Crippen LogP contribution >= 0.6 is 11.3 Å². The molecule has 0 bridgehead atoms. The molecular weight excluding hydrogens is 732 g/mol. The van der Waals surface area contributed by atoms with Gasteiger partial charge in [0.1, 0.15) is 11.3 Å². The van der Waals surface area contributed by atoms with Gasteiger partial charge in [-0.05, 0) is 41.3 Å². The first-order chi connectivity index (χ1) is 25.0. The van der Waals surface area contributed by atoms with Crippen molar-refractivity contribution in [3.8, 4) is 5.75 Å². The Morgan fingerprint density at radius 1 is 0.736 bits per heavy atom. The standard InChI is InChI=1S/C32H33N3O3S.2C2HF3O2/c36-28-15-14-26(31-30(28)35-32(38)39-31)29(37)21-33-17-16-22-8-7-9-23(18-22)19-34-20-27(24-10-3-1-4-11-24)25-12-5-2-6-13-25;2*3-2(4,5)1(6)7/h1-15,18,27,29,33-34,36-37H,16-17,19-21H2,(H,35,38);2*(H,6,7)/t29-;;/m0../s1. The predicted octanol–water partition coefficient (Wildman–Crippen LogP) is 6.35. The second-order valence-electron chi connectivity index (χ2n) is 11.3. The summed E-state index contributed by atoms with van der Waals surface area (Å²) in [4.78, 5) is 31.9. The number of hydrogen-bond donors (Lipinski definition) is 7. The lowest BCUT2D eigenvalue weighted by Gasteiger charge is -2.19. The lowest BCUT2D eigenvalue weighted by molar-refractivity contribution is -0.193. The molecule has 7 N–H and O–H groups in total. The number of benzene rings is 4. The number of thiazole rings is 1. The third kappa shape index (κ3) is 13.7. The number of H-pyrrole nitrogens is 1. The Hall–Kier alpha value is -5.23. The Labute approximate surface area is 302 Å². The smallest absolute Gasteiger partial charge is 0.490 e. The zero-order valence-corrected chi connectivity index (χ0v) is 28.4. The van der Waals surface area contributed by atoms with E-state index in [1.54, 1.807) is 6.07 Å². The van der Waals surface area contributed by atoms with Crippen molar-refractivity contribution in [3.63, 3.8) is 0 Å². The van der Waals surface area contributed by atoms with Crippen LogP contribution in [0.15, 0.2) is 102 Å². The fourth-order valence-electron chi connectivity index (χ4n) is 4.94. The zero-order chi connectivity index (χ0) is 39.2. The highest BCUT2D eigenvalue weighted by Crippen LogP contribution is 2.31. The fraction of sp³-hybridized carbons (Fsp3) is 0.250. The Morgan fingerprint density at radius 2 is 1.26 bits per heavy atom. The molecule has 0 aliphatic rings. The molecular formula is C36H35F6N3O7S. The Kier molecular flexibility index (Phi) is 15.6. The molecule has 0 spiro atoms. The number of aliphatic hydroxyl groups is 1. The summed E-state index contributed by atoms with van der Waals surface area (Å²) < 4.78 is 64.1. The summed E-state index contributed by atoms with van der Waals surface area (Å²) in [5.74, 6) is -5.22. The van der Waals surface area contributed by atoms with Crippen molar-refractivity contribution in [2.24, 2.45) is 0 Å². The number of carbonyl (C=O) groups is 2. The number of carboxylic acid groups (broad SMARTS) is 2. The van der Waals surface area contributed by atoms with Crippen LogP contribution in [0.2, 0.25) is 0 Å². The lowest BCUT2D eigenvalue weighted by Crippen LogP contribution is -2.24. The maximum absolute atomic E-state index is 11.7. The van der Waals surface area contributed by atoms with E-state index in [1.165, 1.54) is 28.3 Å². The first-order valence-corrected chi connectivity index (χ1v) is 16.5. The monoisotopic (exact) mass is 767 g/mol. The van der Waals surface area contributed by atoms with Gasteiger partial charge in [0.2, 0.25) is 0 Å². The zero-order valence-electron chi connectivity index (χ0n) is 27.6. The van der Waals surface area contributed by atoms with Crippen molar-refractivity contribution >= 4 is 33.5 Å². The molecule has 1 atom stereocenters. The highest BCUT2D eigenvalue weighted by molar-refractivity contribution is 7.16. The van der Waals surface area contributed by atoms with Gasteiger partial charge in [-0.2, -0.15) is 26.3 Å². The van der Waals surface area contributed by atoms with Gasteiger partial charge in [-0.15, -0.1) is 0 Å². The number of aliphatic carboxylic acids is 2. The summed E-state index contributed by atoms with van der Waals surface area (Å²) >= 11 is 1.000. The average Bonchev–Trinajstić information content (AvgIpc) is 3.51. The van der Waals surface area contributed by atoms with Crippen molar-refractivity contribution in [1.29, 1.82) is 0 Å². The van der Waals surface area contributed by atoms with E-state index in [4.69, 9.17) is 19.8 Å². The molecule has 0 aliphatic carbocycles. The van der Waals surface area contributed by atoms with E-state index in [0.29, 0.717) is 28.9 Å². The molecule has 1 heterocycles. The molecule has 0 aliphatic heterocycles. The van der Waals surface area contributed by atoms with Crippen LogP contribution in [-0.2, 0) is 22.6 Å². The van der Waals surface area contributed by atoms with Gasteiger partial charge in [-0.1, -0.05) is 102 Å². The van der Waals surface area contributed by atoms with Gasteiger partial charge in [0.05, 0.1) is 10.8 Å². The minimum atomic E-state index is -5.08. The molecule has 0 fully saturated rings. The molecule has 0 saturated carbocycles. The van der Waals surface area contributed by atoms with Crippen molar-refractivity contribution in [1.82, 2.24) is 15.6 Å². The fourth-order valence-corrected chi connectivity index (χ4v) is 5.86. The van der Waals surface area contributed by atoms with Gasteiger partial charge in [-0.3, -0.25) is 4.79 Å². The van der Waals surface area contributed by atoms with Crippen molar-refractivity contribution < 1.29 is 56.4 Å². The number of fused-ring (bicyclic) bond motifs is 1. The largest absolute Gasteiger partial charge is 0.506 e. The summed E-state index contributed by atoms with van der Waals surface area (Å²) in [6, 6.07) is 33.0. The number of aromatic amines is 1. The van der Waals surface area contributed by atoms with Crippen LogP contribution in [0.3, 0.4) is 0 Å². The summed E-state index contributed by atoms with van der Waals surface area (Å²) in [5, 5.41) is 41.9. The van der Waals surface area contributed by atoms with E-state index in [2.05, 4.69) is 101 Å². The van der Waals surface area contributed by atoms with Gasteiger partial charge in [0, 0.05) is 31.1 Å². The number of aromatic hydroxyl groups is 1. The topological polar surface area (TPSA) is 172 Å². The maximum atomic E-state index is 11.7. The van der Waals surface area contributed by atoms with Crippen LogP contribution in [0.4, 0.5) is 26.3 Å². The predicted molar refractivity (Wildman–Crippen MR) is 186 cm³/mol. The van der Waals surface area contributed by atoms with E-state index in [0.717, 1.165) is 30.8 Å². The van der Waals surface area contributed by atoms with Crippen LogP contribution in [0.25, 0.3) is 10.2 Å². The van der Waals surface area contributed by atoms with Crippen LogP contribution in [-0.4, -0.2) is 69.3 Å². The second kappa shape index (κ2) is 19.6. The highest BCUT2D eigenvalue weighted by Gasteiger charge is 2.38. The van der Waals surface area contributed by atoms with Crippen molar-refractivity contribution in [2.75, 3.05) is 19.6 Å². The summed E-state index contributed by atoms with van der Waals surface area (Å²) in [5.41, 5.74) is 6.09. The lowest BCUT2D eigenvalue weighted by atomic mass is 9.91. The SMILES string of the molecule is O=C(O)C(F)(F)F.O=C(O)C(F)(F)F.O=c1[nH]c2c(O)ccc([C@@H](O)CNCCc3cccc(CNCC(c4ccccc4)c4ccccc4)c3)c2s1. The van der Waals surface area contributed by atoms with Crippen LogP contribution in [0.5, 0.6) is 5.75 Å². The van der Waals surface area contributed by atoms with E-state index < -0.39 is 30.4 Å². The first kappa shape index (κ1) is 42.2. The van der Waals surface area contributed by atoms with Gasteiger partial charge in [0.25, 0.3) is 0 Å². The Bertz CT molecular complexity index is 1910. The molecule has 0 saturated heterocycles. The number of alkyl halides is 6. The van der Waals surface area contributed by atoms with Crippen LogP contribution in [0, 0.1) is 0 Å². The van der Waals surface area contributed by atoms with Crippen LogP contribution < -0.4 is 15.5 Å². The minimum absolute atomic E-state index is 0.0114. The third-order valence-corrected chi connectivity index (χ3v) is 8.36. The minimum Gasteiger partial charge on any atom is -0.506 e. The molecule has 0 unspecified atom stereocenters. The van der Waals surface area contributed by atoms with E-state index in [9.17, 15) is 41.4 Å². The number of halogens is 6. The van der Waals surface area contributed by atoms with Gasteiger partial charge in [-0.25, -0.2) is 9.59 Å². The van der Waals surface area contributed by atoms with Gasteiger partial charge in [0.15, 0.2) is 0 Å². The summed E-state index contributed by atoms with van der Waals surface area (Å²) in [6.07, 6.45) is -10.1. The molecule has 1 aromatic heterocycles. The maximum Gasteiger partial charge on any atom is 0.490 e. The number of hydrogen-bond acceptors (Lipinski definition) is 8. The van der Waals surface area contributed by atoms with E-state index >= 15 is 0 Å². The Balaban J connectivity index is 0.000000458. The number of aromatic nitrogens is 1. The van der Waals surface area contributed by atoms with Crippen LogP contribution in [0.1, 0.15) is 39.8 Å². The first-order valence-electron chi connectivity index (χ1n) is 15.7. The van der Waals surface area contributed by atoms with E-state index in [-0.39, 0.29) is 16.5 Å². The van der Waals surface area contributed by atoms with Crippen molar-refractivity contribution in [2.45, 2.75) is 37.3 Å². The molecule has 53 heavy (non-hydrogen) atoms. The normalized spacial score (nSPS) is 12.0. The molecule has 17 heteroatoms. The number of aliphatic hydroxyl groups excluding tert-OH is 1. The molecule has 5 aromatic rings. The number of phenols is 1. The number of nitrogens with one attached hydrogen (secondary N) is 3. The number of rotatable bonds is 12. The molecule has 10 nitrogen and oxygen atoms in total. The third-order valence-electron chi connectivity index (χ3n) is 7.43. The number of phenolic OH excluding ortho intramolecular Hbond substituents is 1. The molecule has 5 rings (SSSR count). The summed E-state index contributed by atoms with van der Waals surface area (Å²) in [7, 11) is 0. The van der Waals surface area contributed by atoms with E-state index in [1.807, 2.05) is 0 Å². The quantitative estimate of drug-likeness (QED) is 0.0565. The summed E-state index contributed by atoms with van der Waals surface area (Å²) in [6.45, 7) is 2.70. The van der Waals surface area contributed by atoms with Crippen molar-refractivity contribution in [3.05, 3.63) is 135 Å². The highest BCUT2D eigenvalue weighted by atomic mass is 32.1. The molecule has 0 amide bonds. The molecule has 284 valence electrons. The average molecular weight is 768 g/mol. The molecule has 4 aromatic carbocycles.